The van der Waals surface area contributed by atoms with E-state index in [1.807, 2.05) is 35.2 Å². The number of carbonyl (C=O) groups is 1. The van der Waals surface area contributed by atoms with Gasteiger partial charge < -0.3 is 10.0 Å². The van der Waals surface area contributed by atoms with Crippen LogP contribution in [0.2, 0.25) is 0 Å². The van der Waals surface area contributed by atoms with E-state index in [4.69, 9.17) is 5.11 Å². The van der Waals surface area contributed by atoms with Crippen molar-refractivity contribution in [2.75, 3.05) is 18.1 Å². The summed E-state index contributed by atoms with van der Waals surface area (Å²) >= 11 is 0. The number of carbonyl (C=O) groups excluding carboxylic acids is 1. The zero-order valence-electron chi connectivity index (χ0n) is 8.34. The number of nitrogens with zero attached hydrogens (tertiary/aromatic N) is 1. The van der Waals surface area contributed by atoms with E-state index in [9.17, 15) is 4.79 Å². The van der Waals surface area contributed by atoms with Gasteiger partial charge in [-0.1, -0.05) is 18.2 Å². The summed E-state index contributed by atoms with van der Waals surface area (Å²) in [6.07, 6.45) is 0. The second-order valence-corrected chi connectivity index (χ2v) is 4.32. The molecule has 1 saturated heterocycles. The molecular weight excluding hydrogens is 190 g/mol. The normalized spacial score (nSPS) is 33.0. The SMILES string of the molecule is O=C1C2C(CO)C2CN1c1ccccc1. The summed E-state index contributed by atoms with van der Waals surface area (Å²) in [5.41, 5.74) is 0.978. The summed E-state index contributed by atoms with van der Waals surface area (Å²) in [5.74, 6) is 0.903. The van der Waals surface area contributed by atoms with E-state index in [1.165, 1.54) is 0 Å². The van der Waals surface area contributed by atoms with Crippen LogP contribution >= 0.6 is 0 Å². The number of benzene rings is 1. The van der Waals surface area contributed by atoms with Crippen LogP contribution in [0.4, 0.5) is 5.69 Å². The van der Waals surface area contributed by atoms with Gasteiger partial charge in [0.15, 0.2) is 0 Å². The molecule has 1 saturated carbocycles. The number of fused-ring (bicyclic) bond motifs is 1. The minimum atomic E-state index is 0.0928. The van der Waals surface area contributed by atoms with Crippen molar-refractivity contribution in [2.45, 2.75) is 0 Å². The van der Waals surface area contributed by atoms with Crippen molar-refractivity contribution < 1.29 is 9.90 Å². The van der Waals surface area contributed by atoms with Gasteiger partial charge in [-0.15, -0.1) is 0 Å². The van der Waals surface area contributed by atoms with Gasteiger partial charge >= 0.3 is 0 Å². The Morgan fingerprint density at radius 3 is 2.60 bits per heavy atom. The maximum absolute atomic E-state index is 11.9. The van der Waals surface area contributed by atoms with Gasteiger partial charge in [-0.2, -0.15) is 0 Å². The molecule has 1 aliphatic heterocycles. The predicted molar refractivity (Wildman–Crippen MR) is 56.4 cm³/mol. The van der Waals surface area contributed by atoms with E-state index in [-0.39, 0.29) is 24.3 Å². The zero-order valence-corrected chi connectivity index (χ0v) is 8.34. The average molecular weight is 203 g/mol. The fraction of sp³-hybridized carbons (Fsp3) is 0.417. The minimum absolute atomic E-state index is 0.0928. The van der Waals surface area contributed by atoms with Gasteiger partial charge in [0.2, 0.25) is 5.91 Å². The van der Waals surface area contributed by atoms with Gasteiger partial charge in [-0.05, 0) is 24.0 Å². The molecule has 78 valence electrons. The smallest absolute Gasteiger partial charge is 0.230 e. The number of anilines is 1. The standard InChI is InChI=1S/C12H13NO2/c14-7-10-9-6-13(12(15)11(9)10)8-4-2-1-3-5-8/h1-5,9-11,14H,6-7H2. The minimum Gasteiger partial charge on any atom is -0.396 e. The second-order valence-electron chi connectivity index (χ2n) is 4.32. The molecule has 3 rings (SSSR count). The van der Waals surface area contributed by atoms with Gasteiger partial charge in [0.1, 0.15) is 0 Å². The topological polar surface area (TPSA) is 40.5 Å². The van der Waals surface area contributed by atoms with Crippen LogP contribution in [0.3, 0.4) is 0 Å². The highest BCUT2D eigenvalue weighted by atomic mass is 16.3. The number of para-hydroxylation sites is 1. The van der Waals surface area contributed by atoms with Crippen molar-refractivity contribution in [3.63, 3.8) is 0 Å². The number of aliphatic hydroxyl groups is 1. The van der Waals surface area contributed by atoms with Crippen molar-refractivity contribution in [1.82, 2.24) is 0 Å². The van der Waals surface area contributed by atoms with E-state index >= 15 is 0 Å². The maximum atomic E-state index is 11.9. The molecule has 1 aliphatic carbocycles. The molecule has 2 aliphatic rings. The number of hydrogen-bond donors (Lipinski definition) is 1. The summed E-state index contributed by atoms with van der Waals surface area (Å²) < 4.78 is 0. The highest BCUT2D eigenvalue weighted by Gasteiger charge is 2.61. The van der Waals surface area contributed by atoms with Gasteiger partial charge in [-0.25, -0.2) is 0 Å². The van der Waals surface area contributed by atoms with E-state index in [0.29, 0.717) is 5.92 Å². The lowest BCUT2D eigenvalue weighted by Gasteiger charge is -2.19. The molecular formula is C12H13NO2. The van der Waals surface area contributed by atoms with Crippen molar-refractivity contribution in [2.24, 2.45) is 17.8 Å². The molecule has 3 atom stereocenters. The van der Waals surface area contributed by atoms with Gasteiger partial charge in [0, 0.05) is 24.8 Å². The van der Waals surface area contributed by atoms with E-state index < -0.39 is 0 Å². The third-order valence-electron chi connectivity index (χ3n) is 3.55. The quantitative estimate of drug-likeness (QED) is 0.775. The monoisotopic (exact) mass is 203 g/mol. The Morgan fingerprint density at radius 1 is 1.33 bits per heavy atom. The molecule has 3 unspecified atom stereocenters. The van der Waals surface area contributed by atoms with Gasteiger partial charge in [0.05, 0.1) is 0 Å². The molecule has 2 fully saturated rings. The zero-order chi connectivity index (χ0) is 10.4. The Balaban J connectivity index is 1.81. The third kappa shape index (κ3) is 1.20. The Bertz CT molecular complexity index is 390. The van der Waals surface area contributed by atoms with Crippen LogP contribution in [-0.4, -0.2) is 24.2 Å². The fourth-order valence-electron chi connectivity index (χ4n) is 2.63. The molecule has 3 nitrogen and oxygen atoms in total. The molecule has 0 bridgehead atoms. The summed E-state index contributed by atoms with van der Waals surface area (Å²) in [4.78, 5) is 13.8. The largest absolute Gasteiger partial charge is 0.396 e. The molecule has 1 aromatic rings. The number of aliphatic hydroxyl groups excluding tert-OH is 1. The predicted octanol–water partition coefficient (Wildman–Crippen LogP) is 0.888. The number of hydrogen-bond acceptors (Lipinski definition) is 2. The Hall–Kier alpha value is -1.35. The molecule has 0 spiro atoms. The van der Waals surface area contributed by atoms with Crippen LogP contribution in [-0.2, 0) is 4.79 Å². The summed E-state index contributed by atoms with van der Waals surface area (Å²) in [7, 11) is 0. The van der Waals surface area contributed by atoms with Crippen molar-refractivity contribution in [3.8, 4) is 0 Å². The second kappa shape index (κ2) is 3.07. The number of piperidine rings is 1. The fourth-order valence-corrected chi connectivity index (χ4v) is 2.63. The first kappa shape index (κ1) is 8.92. The lowest BCUT2D eigenvalue weighted by molar-refractivity contribution is -0.119. The Morgan fingerprint density at radius 2 is 2.07 bits per heavy atom. The van der Waals surface area contributed by atoms with Crippen molar-refractivity contribution in [3.05, 3.63) is 30.3 Å². The highest BCUT2D eigenvalue weighted by molar-refractivity contribution is 6.00. The van der Waals surface area contributed by atoms with Gasteiger partial charge in [-0.3, -0.25) is 4.79 Å². The lowest BCUT2D eigenvalue weighted by Crippen LogP contribution is -2.30. The number of amides is 1. The highest BCUT2D eigenvalue weighted by Crippen LogP contribution is 2.52. The first-order chi connectivity index (χ1) is 7.33. The summed E-state index contributed by atoms with van der Waals surface area (Å²) in [6, 6.07) is 9.74. The third-order valence-corrected chi connectivity index (χ3v) is 3.55. The molecule has 15 heavy (non-hydrogen) atoms. The van der Waals surface area contributed by atoms with E-state index in [1.54, 1.807) is 0 Å². The molecule has 0 aromatic heterocycles. The molecule has 0 radical (unpaired) electrons. The van der Waals surface area contributed by atoms with Crippen LogP contribution < -0.4 is 4.90 Å². The molecule has 1 N–H and O–H groups in total. The van der Waals surface area contributed by atoms with E-state index in [0.717, 1.165) is 12.2 Å². The molecule has 1 amide bonds. The molecule has 3 heteroatoms. The van der Waals surface area contributed by atoms with Crippen LogP contribution in [0.1, 0.15) is 0 Å². The van der Waals surface area contributed by atoms with Crippen LogP contribution in [0.25, 0.3) is 0 Å². The summed E-state index contributed by atoms with van der Waals surface area (Å²) in [5, 5.41) is 9.02. The van der Waals surface area contributed by atoms with E-state index in [2.05, 4.69) is 0 Å². The van der Waals surface area contributed by atoms with Crippen LogP contribution in [0, 0.1) is 17.8 Å². The molecule has 1 heterocycles. The number of rotatable bonds is 2. The van der Waals surface area contributed by atoms with Crippen molar-refractivity contribution >= 4 is 11.6 Å². The van der Waals surface area contributed by atoms with Gasteiger partial charge in [0.25, 0.3) is 0 Å². The average Bonchev–Trinajstić information content (AvgIpc) is 2.89. The maximum Gasteiger partial charge on any atom is 0.230 e. The first-order valence-corrected chi connectivity index (χ1v) is 5.30. The van der Waals surface area contributed by atoms with Crippen LogP contribution in [0.15, 0.2) is 30.3 Å². The Kier molecular flexibility index (Phi) is 1.83. The Labute approximate surface area is 88.3 Å². The van der Waals surface area contributed by atoms with Crippen LogP contribution in [0.5, 0.6) is 0 Å². The first-order valence-electron chi connectivity index (χ1n) is 5.30. The molecule has 1 aromatic carbocycles. The summed E-state index contributed by atoms with van der Waals surface area (Å²) in [6.45, 7) is 0.933. The van der Waals surface area contributed by atoms with Crippen molar-refractivity contribution in [1.29, 1.82) is 0 Å². The lowest BCUT2D eigenvalue weighted by atomic mass is 10.2.